The lowest BCUT2D eigenvalue weighted by atomic mass is 9.99. The average molecular weight is 214 g/mol. The Morgan fingerprint density at radius 3 is 2.73 bits per heavy atom. The van der Waals surface area contributed by atoms with Crippen molar-refractivity contribution in [1.29, 1.82) is 0 Å². The first-order valence-electron chi connectivity index (χ1n) is 5.26. The van der Waals surface area contributed by atoms with E-state index in [1.54, 1.807) is 11.8 Å². The number of aliphatic carboxylic acids is 1. The Morgan fingerprint density at radius 1 is 1.53 bits per heavy atom. The predicted octanol–water partition coefficient (Wildman–Crippen LogP) is 0.0616. The van der Waals surface area contributed by atoms with E-state index in [2.05, 4.69) is 5.32 Å². The number of hydrogen-bond donors (Lipinski definition) is 2. The number of carbonyl (C=O) groups excluding carboxylic acids is 1. The van der Waals surface area contributed by atoms with E-state index in [0.29, 0.717) is 19.5 Å². The second-order valence-electron chi connectivity index (χ2n) is 4.06. The lowest BCUT2D eigenvalue weighted by Crippen LogP contribution is -2.51. The maximum atomic E-state index is 11.4. The Labute approximate surface area is 89.4 Å². The highest BCUT2D eigenvalue weighted by Gasteiger charge is 2.43. The minimum absolute atomic E-state index is 0.105. The Morgan fingerprint density at radius 2 is 2.20 bits per heavy atom. The molecule has 1 atom stereocenters. The van der Waals surface area contributed by atoms with Crippen molar-refractivity contribution < 1.29 is 14.7 Å². The molecular weight excluding hydrogens is 196 g/mol. The van der Waals surface area contributed by atoms with Crippen molar-refractivity contribution in [3.05, 3.63) is 0 Å². The molecule has 0 aromatic heterocycles. The van der Waals surface area contributed by atoms with E-state index in [9.17, 15) is 9.59 Å². The van der Waals surface area contributed by atoms with Crippen LogP contribution in [0.5, 0.6) is 0 Å². The maximum absolute atomic E-state index is 11.4. The van der Waals surface area contributed by atoms with Gasteiger partial charge in [-0.3, -0.25) is 14.5 Å². The zero-order valence-electron chi connectivity index (χ0n) is 9.25. The van der Waals surface area contributed by atoms with Gasteiger partial charge in [-0.05, 0) is 33.2 Å². The number of likely N-dealkylation sites (tertiary alicyclic amines) is 1. The summed E-state index contributed by atoms with van der Waals surface area (Å²) in [4.78, 5) is 24.2. The smallest absolute Gasteiger partial charge is 0.323 e. The minimum atomic E-state index is -0.870. The van der Waals surface area contributed by atoms with E-state index in [1.807, 2.05) is 6.92 Å². The van der Waals surface area contributed by atoms with Gasteiger partial charge >= 0.3 is 5.97 Å². The third-order valence-corrected chi connectivity index (χ3v) is 2.96. The molecule has 86 valence electrons. The number of hydrogen-bond acceptors (Lipinski definition) is 3. The number of carboxylic acid groups (broad SMARTS) is 1. The van der Waals surface area contributed by atoms with Crippen molar-refractivity contribution in [2.45, 2.75) is 32.2 Å². The summed E-state index contributed by atoms with van der Waals surface area (Å²) in [5, 5.41) is 11.8. The second kappa shape index (κ2) is 4.61. The molecule has 1 saturated heterocycles. The van der Waals surface area contributed by atoms with E-state index in [4.69, 9.17) is 5.11 Å². The van der Waals surface area contributed by atoms with Gasteiger partial charge in [0, 0.05) is 6.54 Å². The molecule has 0 aliphatic carbocycles. The summed E-state index contributed by atoms with van der Waals surface area (Å²) in [6.07, 6.45) is 1.45. The molecule has 1 unspecified atom stereocenters. The van der Waals surface area contributed by atoms with Crippen LogP contribution in [0.4, 0.5) is 0 Å². The van der Waals surface area contributed by atoms with Gasteiger partial charge in [0.15, 0.2) is 0 Å². The zero-order valence-corrected chi connectivity index (χ0v) is 9.25. The number of rotatable bonds is 4. The molecule has 1 heterocycles. The van der Waals surface area contributed by atoms with Crippen molar-refractivity contribution in [3.63, 3.8) is 0 Å². The molecule has 0 bridgehead atoms. The van der Waals surface area contributed by atoms with Gasteiger partial charge < -0.3 is 10.4 Å². The third-order valence-electron chi connectivity index (χ3n) is 2.96. The van der Waals surface area contributed by atoms with Gasteiger partial charge in [-0.25, -0.2) is 0 Å². The number of carboxylic acids is 1. The summed E-state index contributed by atoms with van der Waals surface area (Å²) < 4.78 is 0. The molecule has 0 radical (unpaired) electrons. The molecule has 0 aromatic rings. The summed E-state index contributed by atoms with van der Waals surface area (Å²) in [5.74, 6) is -0.948. The SMILES string of the molecule is CCNC(=O)CN1CCCC1(C)C(=O)O. The highest BCUT2D eigenvalue weighted by molar-refractivity contribution is 5.82. The molecule has 1 aliphatic rings. The number of nitrogens with zero attached hydrogens (tertiary/aromatic N) is 1. The first-order chi connectivity index (χ1) is 7.00. The molecule has 5 heteroatoms. The third kappa shape index (κ3) is 2.47. The van der Waals surface area contributed by atoms with E-state index in [1.165, 1.54) is 0 Å². The topological polar surface area (TPSA) is 69.6 Å². The van der Waals surface area contributed by atoms with Crippen LogP contribution >= 0.6 is 0 Å². The standard InChI is InChI=1S/C10H18N2O3/c1-3-11-8(13)7-12-6-4-5-10(12,2)9(14)15/h3-7H2,1-2H3,(H,11,13)(H,14,15). The number of nitrogens with one attached hydrogen (secondary N) is 1. The van der Waals surface area contributed by atoms with Crippen molar-refractivity contribution in [1.82, 2.24) is 10.2 Å². The van der Waals surface area contributed by atoms with E-state index < -0.39 is 11.5 Å². The van der Waals surface area contributed by atoms with Gasteiger partial charge in [-0.1, -0.05) is 0 Å². The summed E-state index contributed by atoms with van der Waals surface area (Å²) in [6.45, 7) is 4.97. The van der Waals surface area contributed by atoms with Crippen molar-refractivity contribution >= 4 is 11.9 Å². The van der Waals surface area contributed by atoms with Crippen LogP contribution in [-0.2, 0) is 9.59 Å². The molecule has 1 amide bonds. The Kier molecular flexibility index (Phi) is 3.68. The highest BCUT2D eigenvalue weighted by Crippen LogP contribution is 2.28. The Balaban J connectivity index is 2.61. The van der Waals surface area contributed by atoms with Crippen molar-refractivity contribution in [2.24, 2.45) is 0 Å². The molecule has 2 N–H and O–H groups in total. The second-order valence-corrected chi connectivity index (χ2v) is 4.06. The molecule has 0 aromatic carbocycles. The van der Waals surface area contributed by atoms with Crippen LogP contribution in [0.2, 0.25) is 0 Å². The van der Waals surface area contributed by atoms with Crippen LogP contribution in [0.15, 0.2) is 0 Å². The Hall–Kier alpha value is -1.10. The fourth-order valence-corrected chi connectivity index (χ4v) is 1.94. The van der Waals surface area contributed by atoms with Crippen LogP contribution in [0.25, 0.3) is 0 Å². The van der Waals surface area contributed by atoms with E-state index in [0.717, 1.165) is 6.42 Å². The van der Waals surface area contributed by atoms with Crippen LogP contribution in [-0.4, -0.2) is 47.1 Å². The lowest BCUT2D eigenvalue weighted by Gasteiger charge is -2.30. The van der Waals surface area contributed by atoms with Gasteiger partial charge in [0.2, 0.25) is 5.91 Å². The van der Waals surface area contributed by atoms with Crippen LogP contribution in [0, 0.1) is 0 Å². The molecule has 1 rings (SSSR count). The van der Waals surface area contributed by atoms with Crippen LogP contribution in [0.3, 0.4) is 0 Å². The number of carbonyl (C=O) groups is 2. The zero-order chi connectivity index (χ0) is 11.5. The summed E-state index contributed by atoms with van der Waals surface area (Å²) >= 11 is 0. The normalized spacial score (nSPS) is 26.5. The molecule has 0 saturated carbocycles. The van der Waals surface area contributed by atoms with Crippen molar-refractivity contribution in [3.8, 4) is 0 Å². The highest BCUT2D eigenvalue weighted by atomic mass is 16.4. The molecule has 15 heavy (non-hydrogen) atoms. The average Bonchev–Trinajstić information content (AvgIpc) is 2.50. The van der Waals surface area contributed by atoms with Gasteiger partial charge in [0.25, 0.3) is 0 Å². The quantitative estimate of drug-likeness (QED) is 0.694. The summed E-state index contributed by atoms with van der Waals surface area (Å²) in [7, 11) is 0. The molecule has 1 fully saturated rings. The number of likely N-dealkylation sites (N-methyl/N-ethyl adjacent to an activating group) is 1. The lowest BCUT2D eigenvalue weighted by molar-refractivity contribution is -0.149. The first-order valence-corrected chi connectivity index (χ1v) is 5.26. The maximum Gasteiger partial charge on any atom is 0.323 e. The van der Waals surface area contributed by atoms with Crippen molar-refractivity contribution in [2.75, 3.05) is 19.6 Å². The molecule has 1 aliphatic heterocycles. The summed E-state index contributed by atoms with van der Waals surface area (Å²) in [6, 6.07) is 0. The van der Waals surface area contributed by atoms with Gasteiger partial charge in [0.1, 0.15) is 5.54 Å². The minimum Gasteiger partial charge on any atom is -0.480 e. The largest absolute Gasteiger partial charge is 0.480 e. The van der Waals surface area contributed by atoms with E-state index in [-0.39, 0.29) is 12.5 Å². The number of amides is 1. The van der Waals surface area contributed by atoms with Crippen LogP contribution < -0.4 is 5.32 Å². The van der Waals surface area contributed by atoms with Gasteiger partial charge in [0.05, 0.1) is 6.54 Å². The van der Waals surface area contributed by atoms with Gasteiger partial charge in [-0.2, -0.15) is 0 Å². The molecule has 5 nitrogen and oxygen atoms in total. The monoisotopic (exact) mass is 214 g/mol. The predicted molar refractivity (Wildman–Crippen MR) is 55.5 cm³/mol. The molecular formula is C10H18N2O3. The Bertz CT molecular complexity index is 267. The fraction of sp³-hybridized carbons (Fsp3) is 0.800. The van der Waals surface area contributed by atoms with Gasteiger partial charge in [-0.15, -0.1) is 0 Å². The van der Waals surface area contributed by atoms with Crippen LogP contribution in [0.1, 0.15) is 26.7 Å². The fourth-order valence-electron chi connectivity index (χ4n) is 1.94. The molecule has 0 spiro atoms. The summed E-state index contributed by atoms with van der Waals surface area (Å²) in [5.41, 5.74) is -0.870. The first kappa shape index (κ1) is 12.0. The van der Waals surface area contributed by atoms with E-state index >= 15 is 0 Å².